The van der Waals surface area contributed by atoms with Gasteiger partial charge in [0, 0.05) is 0 Å². The minimum absolute atomic E-state index is 1.06. The fourth-order valence-corrected chi connectivity index (χ4v) is 1.46. The third-order valence-corrected chi connectivity index (χ3v) is 2.87. The molecule has 0 saturated carbocycles. The van der Waals surface area contributed by atoms with Crippen molar-refractivity contribution in [3.8, 4) is 0 Å². The quantitative estimate of drug-likeness (QED) is 0.422. The van der Waals surface area contributed by atoms with Crippen LogP contribution in [0.4, 0.5) is 83.4 Å². The van der Waals surface area contributed by atoms with Crippen LogP contribution in [0.5, 0.6) is 0 Å². The van der Waals surface area contributed by atoms with E-state index in [1.807, 2.05) is 0 Å². The van der Waals surface area contributed by atoms with E-state index in [4.69, 9.17) is 0 Å². The van der Waals surface area contributed by atoms with Crippen LogP contribution >= 0.6 is 0 Å². The monoisotopic (exact) mass is 486 g/mol. The van der Waals surface area contributed by atoms with E-state index in [2.05, 4.69) is 0 Å². The highest BCUT2D eigenvalue weighted by Gasteiger charge is 2.90. The van der Waals surface area contributed by atoms with Crippen molar-refractivity contribution in [2.45, 2.75) is 54.4 Å². The predicted octanol–water partition coefficient (Wildman–Crippen LogP) is 6.19. The Bertz CT molecular complexity index is 578. The maximum Gasteiger partial charge on any atom is 0.462 e. The summed E-state index contributed by atoms with van der Waals surface area (Å²) in [6, 6.07) is 0. The molecule has 0 bridgehead atoms. The van der Waals surface area contributed by atoms with E-state index in [0.29, 0.717) is 0 Å². The predicted molar refractivity (Wildman–Crippen MR) is 47.8 cm³/mol. The molecule has 0 saturated heterocycles. The van der Waals surface area contributed by atoms with Crippen LogP contribution in [-0.4, -0.2) is 54.4 Å². The molecule has 0 amide bonds. The van der Waals surface area contributed by atoms with Gasteiger partial charge in [-0.25, -0.2) is 8.78 Å². The zero-order valence-corrected chi connectivity index (χ0v) is 12.2. The van der Waals surface area contributed by atoms with E-state index >= 15 is 0 Å². The first-order chi connectivity index (χ1) is 12.1. The van der Waals surface area contributed by atoms with Gasteiger partial charge in [0.1, 0.15) is 0 Å². The van der Waals surface area contributed by atoms with Gasteiger partial charge in [0.25, 0.3) is 0 Å². The molecule has 0 spiro atoms. The molecule has 20 heteroatoms. The summed E-state index contributed by atoms with van der Waals surface area (Å²) < 4.78 is 238. The van der Waals surface area contributed by atoms with Crippen LogP contribution < -0.4 is 0 Å². The van der Waals surface area contributed by atoms with Crippen LogP contribution in [0.15, 0.2) is 0 Å². The summed E-state index contributed by atoms with van der Waals surface area (Å²) in [4.78, 5) is 0. The van der Waals surface area contributed by atoms with Gasteiger partial charge in [-0.2, -0.15) is 74.6 Å². The zero-order chi connectivity index (χ0) is 24.3. The summed E-state index contributed by atoms with van der Waals surface area (Å²) in [5.74, 6) is -16.5. The van der Waals surface area contributed by atoms with E-state index < -0.39 is 54.4 Å². The summed E-state index contributed by atoms with van der Waals surface area (Å²) in [7, 11) is 0. The zero-order valence-electron chi connectivity index (χ0n) is 12.2. The number of alkyl halides is 19. The SMILES string of the molecule is FC(C(F)(F)F)C(F)(C(F)(F)F)C(F)(OC(F)(F)C(F)(F)C(F)(F)F)C(F)(F)F. The fraction of sp³-hybridized carbons (Fsp3) is 1.00. The van der Waals surface area contributed by atoms with Crippen molar-refractivity contribution in [3.63, 3.8) is 0 Å². The van der Waals surface area contributed by atoms with Crippen molar-refractivity contribution in [1.82, 2.24) is 0 Å². The molecule has 0 radical (unpaired) electrons. The highest BCUT2D eigenvalue weighted by molar-refractivity contribution is 5.12. The first-order valence-corrected chi connectivity index (χ1v) is 5.86. The Labute approximate surface area is 144 Å². The molecule has 0 aromatic carbocycles. The van der Waals surface area contributed by atoms with Crippen molar-refractivity contribution in [2.24, 2.45) is 0 Å². The number of ether oxygens (including phenoxy) is 1. The molecular weight excluding hydrogens is 485 g/mol. The molecule has 0 aliphatic rings. The van der Waals surface area contributed by atoms with Gasteiger partial charge in [0.15, 0.2) is 0 Å². The largest absolute Gasteiger partial charge is 0.462 e. The van der Waals surface area contributed by atoms with Crippen LogP contribution in [-0.2, 0) is 4.74 Å². The third kappa shape index (κ3) is 4.25. The molecule has 0 fully saturated rings. The Morgan fingerprint density at radius 3 is 1.03 bits per heavy atom. The minimum Gasteiger partial charge on any atom is -0.266 e. The number of hydrogen-bond acceptors (Lipinski definition) is 1. The first kappa shape index (κ1) is 27.6. The highest BCUT2D eigenvalue weighted by Crippen LogP contribution is 2.60. The molecule has 0 rings (SSSR count). The van der Waals surface area contributed by atoms with Crippen molar-refractivity contribution >= 4 is 0 Å². The van der Waals surface area contributed by atoms with Crippen LogP contribution in [0.3, 0.4) is 0 Å². The first-order valence-electron chi connectivity index (χ1n) is 5.86. The lowest BCUT2D eigenvalue weighted by atomic mass is 9.88. The summed E-state index contributed by atoms with van der Waals surface area (Å²) in [6.07, 6.45) is -46.4. The van der Waals surface area contributed by atoms with Gasteiger partial charge < -0.3 is 0 Å². The van der Waals surface area contributed by atoms with Gasteiger partial charge in [0.2, 0.25) is 6.17 Å². The average Bonchev–Trinajstić information content (AvgIpc) is 2.39. The van der Waals surface area contributed by atoms with E-state index in [0.717, 1.165) is 4.74 Å². The van der Waals surface area contributed by atoms with Crippen LogP contribution in [0.25, 0.3) is 0 Å². The maximum atomic E-state index is 13.7. The number of halogens is 19. The van der Waals surface area contributed by atoms with E-state index in [9.17, 15) is 83.4 Å². The molecule has 176 valence electrons. The average molecular weight is 486 g/mol. The lowest BCUT2D eigenvalue weighted by Crippen LogP contribution is -2.74. The Morgan fingerprint density at radius 2 is 0.828 bits per heavy atom. The molecule has 3 atom stereocenters. The van der Waals surface area contributed by atoms with Gasteiger partial charge in [-0.1, -0.05) is 0 Å². The summed E-state index contributed by atoms with van der Waals surface area (Å²) in [5.41, 5.74) is -8.32. The number of hydrogen-bond donors (Lipinski definition) is 0. The second kappa shape index (κ2) is 6.82. The molecule has 0 heterocycles. The summed E-state index contributed by atoms with van der Waals surface area (Å²) in [6.45, 7) is 0. The fourth-order valence-electron chi connectivity index (χ4n) is 1.46. The second-order valence-corrected chi connectivity index (χ2v) is 4.90. The van der Waals surface area contributed by atoms with Crippen molar-refractivity contribution in [1.29, 1.82) is 0 Å². The number of rotatable bonds is 5. The van der Waals surface area contributed by atoms with Crippen molar-refractivity contribution in [2.75, 3.05) is 0 Å². The molecule has 0 aliphatic carbocycles. The normalized spacial score (nSPS) is 20.8. The lowest BCUT2D eigenvalue weighted by molar-refractivity contribution is -0.520. The Balaban J connectivity index is 7.02. The van der Waals surface area contributed by atoms with Crippen molar-refractivity contribution < 1.29 is 88.2 Å². The van der Waals surface area contributed by atoms with Gasteiger partial charge in [0.05, 0.1) is 0 Å². The molecule has 0 aromatic heterocycles. The van der Waals surface area contributed by atoms with Crippen LogP contribution in [0, 0.1) is 0 Å². The Hall–Kier alpha value is -1.37. The summed E-state index contributed by atoms with van der Waals surface area (Å²) >= 11 is 0. The van der Waals surface area contributed by atoms with E-state index in [-0.39, 0.29) is 0 Å². The van der Waals surface area contributed by atoms with Crippen LogP contribution in [0.2, 0.25) is 0 Å². The van der Waals surface area contributed by atoms with Gasteiger partial charge in [-0.05, 0) is 0 Å². The second-order valence-electron chi connectivity index (χ2n) is 4.90. The van der Waals surface area contributed by atoms with Gasteiger partial charge >= 0.3 is 48.3 Å². The molecule has 0 N–H and O–H groups in total. The Kier molecular flexibility index (Phi) is 6.50. The molecule has 0 aliphatic heterocycles. The Morgan fingerprint density at radius 1 is 0.483 bits per heavy atom. The molecule has 1 nitrogen and oxygen atoms in total. The van der Waals surface area contributed by atoms with Crippen molar-refractivity contribution in [3.05, 3.63) is 0 Å². The standard InChI is InChI=1S/C9HF19O/c10-1(3(12,13)14)2(11,6(18,19)20)5(17,8(24,25)26)29-9(27,28)4(15,16)7(21,22)23/h1H. The lowest BCUT2D eigenvalue weighted by Gasteiger charge is -2.44. The van der Waals surface area contributed by atoms with E-state index in [1.54, 1.807) is 0 Å². The van der Waals surface area contributed by atoms with E-state index in [1.165, 1.54) is 0 Å². The maximum absolute atomic E-state index is 13.7. The topological polar surface area (TPSA) is 9.23 Å². The van der Waals surface area contributed by atoms with Gasteiger partial charge in [-0.3, -0.25) is 4.74 Å². The smallest absolute Gasteiger partial charge is 0.266 e. The molecule has 29 heavy (non-hydrogen) atoms. The summed E-state index contributed by atoms with van der Waals surface area (Å²) in [5, 5.41) is 0. The van der Waals surface area contributed by atoms with Gasteiger partial charge in [-0.15, -0.1) is 0 Å². The molecular formula is C9HF19O. The minimum atomic E-state index is -8.45. The molecule has 0 aromatic rings. The third-order valence-electron chi connectivity index (χ3n) is 2.87. The van der Waals surface area contributed by atoms with Crippen LogP contribution in [0.1, 0.15) is 0 Å². The highest BCUT2D eigenvalue weighted by atomic mass is 19.4. The molecule has 3 unspecified atom stereocenters.